The van der Waals surface area contributed by atoms with Gasteiger partial charge in [0.05, 0.1) is 14.2 Å². The van der Waals surface area contributed by atoms with Gasteiger partial charge in [-0.05, 0) is 55.5 Å². The SMILES string of the molecule is CCCNC(CC(C)C)c1cc(OC)c(OC)cc1C. The minimum absolute atomic E-state index is 0.370. The largest absolute Gasteiger partial charge is 0.493 e. The van der Waals surface area contributed by atoms with Crippen molar-refractivity contribution in [1.82, 2.24) is 5.32 Å². The Labute approximate surface area is 123 Å². The molecule has 0 aromatic heterocycles. The van der Waals surface area contributed by atoms with Crippen molar-refractivity contribution in [2.24, 2.45) is 5.92 Å². The molecule has 0 saturated carbocycles. The molecule has 0 radical (unpaired) electrons. The van der Waals surface area contributed by atoms with Crippen LogP contribution in [0, 0.1) is 12.8 Å². The molecule has 1 aromatic rings. The highest BCUT2D eigenvalue weighted by Crippen LogP contribution is 2.34. The molecule has 0 aliphatic heterocycles. The molecule has 0 fully saturated rings. The molecule has 1 unspecified atom stereocenters. The lowest BCUT2D eigenvalue weighted by Gasteiger charge is -2.24. The van der Waals surface area contributed by atoms with Gasteiger partial charge in [0.15, 0.2) is 11.5 Å². The van der Waals surface area contributed by atoms with E-state index < -0.39 is 0 Å². The number of rotatable bonds is 8. The van der Waals surface area contributed by atoms with Crippen molar-refractivity contribution in [1.29, 1.82) is 0 Å². The van der Waals surface area contributed by atoms with Gasteiger partial charge in [-0.15, -0.1) is 0 Å². The predicted octanol–water partition coefficient (Wildman–Crippen LogP) is 4.10. The van der Waals surface area contributed by atoms with Crippen LogP contribution in [0.5, 0.6) is 11.5 Å². The Balaban J connectivity index is 3.10. The molecule has 0 aliphatic carbocycles. The van der Waals surface area contributed by atoms with Crippen LogP contribution in [0.4, 0.5) is 0 Å². The van der Waals surface area contributed by atoms with Gasteiger partial charge < -0.3 is 14.8 Å². The first-order valence-electron chi connectivity index (χ1n) is 7.49. The molecule has 20 heavy (non-hydrogen) atoms. The van der Waals surface area contributed by atoms with Crippen molar-refractivity contribution in [2.45, 2.75) is 46.6 Å². The smallest absolute Gasteiger partial charge is 0.161 e. The van der Waals surface area contributed by atoms with E-state index in [2.05, 4.69) is 45.1 Å². The van der Waals surface area contributed by atoms with E-state index in [0.29, 0.717) is 12.0 Å². The molecule has 1 N–H and O–H groups in total. The lowest BCUT2D eigenvalue weighted by atomic mass is 9.93. The zero-order valence-electron chi connectivity index (χ0n) is 13.7. The van der Waals surface area contributed by atoms with Crippen molar-refractivity contribution in [2.75, 3.05) is 20.8 Å². The highest BCUT2D eigenvalue weighted by Gasteiger charge is 2.18. The Morgan fingerprint density at radius 3 is 2.20 bits per heavy atom. The van der Waals surface area contributed by atoms with Crippen molar-refractivity contribution in [3.8, 4) is 11.5 Å². The fourth-order valence-corrected chi connectivity index (χ4v) is 2.48. The maximum atomic E-state index is 5.44. The first-order chi connectivity index (χ1) is 9.53. The van der Waals surface area contributed by atoms with Crippen LogP contribution in [0.2, 0.25) is 0 Å². The molecule has 0 saturated heterocycles. The van der Waals surface area contributed by atoms with Crippen molar-refractivity contribution >= 4 is 0 Å². The van der Waals surface area contributed by atoms with Crippen LogP contribution in [-0.2, 0) is 0 Å². The second-order valence-electron chi connectivity index (χ2n) is 5.70. The molecule has 3 nitrogen and oxygen atoms in total. The summed E-state index contributed by atoms with van der Waals surface area (Å²) >= 11 is 0. The molecule has 0 amide bonds. The third-order valence-electron chi connectivity index (χ3n) is 3.50. The summed E-state index contributed by atoms with van der Waals surface area (Å²) in [6.07, 6.45) is 2.26. The van der Waals surface area contributed by atoms with Gasteiger partial charge in [0, 0.05) is 6.04 Å². The lowest BCUT2D eigenvalue weighted by Crippen LogP contribution is -2.24. The van der Waals surface area contributed by atoms with Crippen LogP contribution in [-0.4, -0.2) is 20.8 Å². The summed E-state index contributed by atoms with van der Waals surface area (Å²) in [7, 11) is 3.37. The average molecular weight is 279 g/mol. The van der Waals surface area contributed by atoms with Gasteiger partial charge in [-0.2, -0.15) is 0 Å². The van der Waals surface area contributed by atoms with Gasteiger partial charge in [0.25, 0.3) is 0 Å². The van der Waals surface area contributed by atoms with Crippen LogP contribution in [0.25, 0.3) is 0 Å². The summed E-state index contributed by atoms with van der Waals surface area (Å²) in [6.45, 7) is 9.89. The second-order valence-corrected chi connectivity index (χ2v) is 5.70. The Kier molecular flexibility index (Phi) is 6.86. The second kappa shape index (κ2) is 8.15. The Bertz CT molecular complexity index is 416. The standard InChI is InChI=1S/C17H29NO2/c1-7-8-18-15(9-12(2)3)14-11-17(20-6)16(19-5)10-13(14)4/h10-12,15,18H,7-9H2,1-6H3. The van der Waals surface area contributed by atoms with Gasteiger partial charge in [0.1, 0.15) is 0 Å². The summed E-state index contributed by atoms with van der Waals surface area (Å²) < 4.78 is 10.8. The summed E-state index contributed by atoms with van der Waals surface area (Å²) in [6, 6.07) is 4.55. The summed E-state index contributed by atoms with van der Waals surface area (Å²) in [5.74, 6) is 2.25. The van der Waals surface area contributed by atoms with E-state index >= 15 is 0 Å². The van der Waals surface area contributed by atoms with E-state index in [9.17, 15) is 0 Å². The number of ether oxygens (including phenoxy) is 2. The van der Waals surface area contributed by atoms with E-state index in [0.717, 1.165) is 30.9 Å². The first kappa shape index (κ1) is 16.8. The molecule has 114 valence electrons. The molecule has 1 atom stereocenters. The van der Waals surface area contributed by atoms with Gasteiger partial charge in [-0.3, -0.25) is 0 Å². The molecular weight excluding hydrogens is 250 g/mol. The molecule has 0 spiro atoms. The minimum Gasteiger partial charge on any atom is -0.493 e. The van der Waals surface area contributed by atoms with E-state index in [1.54, 1.807) is 14.2 Å². The Hall–Kier alpha value is -1.22. The topological polar surface area (TPSA) is 30.5 Å². The number of methoxy groups -OCH3 is 2. The third kappa shape index (κ3) is 4.41. The number of hydrogen-bond acceptors (Lipinski definition) is 3. The van der Waals surface area contributed by atoms with Gasteiger partial charge in [0.2, 0.25) is 0 Å². The number of benzene rings is 1. The maximum Gasteiger partial charge on any atom is 0.161 e. The Morgan fingerprint density at radius 1 is 1.10 bits per heavy atom. The molecule has 0 heterocycles. The number of nitrogens with one attached hydrogen (secondary N) is 1. The molecule has 0 aliphatic rings. The third-order valence-corrected chi connectivity index (χ3v) is 3.50. The van der Waals surface area contributed by atoms with Crippen LogP contribution in [0.15, 0.2) is 12.1 Å². The highest BCUT2D eigenvalue weighted by molar-refractivity contribution is 5.48. The van der Waals surface area contributed by atoms with Crippen molar-refractivity contribution < 1.29 is 9.47 Å². The molecule has 1 rings (SSSR count). The zero-order chi connectivity index (χ0) is 15.1. The highest BCUT2D eigenvalue weighted by atomic mass is 16.5. The molecule has 3 heteroatoms. The van der Waals surface area contributed by atoms with Gasteiger partial charge in [-0.25, -0.2) is 0 Å². The molecule has 0 bridgehead atoms. The monoisotopic (exact) mass is 279 g/mol. The van der Waals surface area contributed by atoms with Crippen LogP contribution < -0.4 is 14.8 Å². The van der Waals surface area contributed by atoms with E-state index in [4.69, 9.17) is 9.47 Å². The molecule has 1 aromatic carbocycles. The number of hydrogen-bond donors (Lipinski definition) is 1. The first-order valence-corrected chi connectivity index (χ1v) is 7.49. The van der Waals surface area contributed by atoms with E-state index in [1.807, 2.05) is 0 Å². The Morgan fingerprint density at radius 2 is 1.70 bits per heavy atom. The van der Waals surface area contributed by atoms with Crippen LogP contribution in [0.3, 0.4) is 0 Å². The summed E-state index contributed by atoms with van der Waals surface area (Å²) in [4.78, 5) is 0. The normalized spacial score (nSPS) is 12.6. The van der Waals surface area contributed by atoms with Crippen molar-refractivity contribution in [3.05, 3.63) is 23.3 Å². The average Bonchev–Trinajstić information content (AvgIpc) is 2.42. The number of aryl methyl sites for hydroxylation is 1. The van der Waals surface area contributed by atoms with E-state index in [1.165, 1.54) is 11.1 Å². The summed E-state index contributed by atoms with van der Waals surface area (Å²) in [5.41, 5.74) is 2.56. The maximum absolute atomic E-state index is 5.44. The fourth-order valence-electron chi connectivity index (χ4n) is 2.48. The van der Waals surface area contributed by atoms with Crippen LogP contribution >= 0.6 is 0 Å². The van der Waals surface area contributed by atoms with Gasteiger partial charge in [-0.1, -0.05) is 20.8 Å². The quantitative estimate of drug-likeness (QED) is 0.777. The molecular formula is C17H29NO2. The predicted molar refractivity (Wildman–Crippen MR) is 84.8 cm³/mol. The lowest BCUT2D eigenvalue weighted by molar-refractivity contribution is 0.352. The van der Waals surface area contributed by atoms with Crippen molar-refractivity contribution in [3.63, 3.8) is 0 Å². The zero-order valence-corrected chi connectivity index (χ0v) is 13.7. The van der Waals surface area contributed by atoms with Crippen LogP contribution in [0.1, 0.15) is 50.8 Å². The van der Waals surface area contributed by atoms with E-state index in [-0.39, 0.29) is 0 Å². The van der Waals surface area contributed by atoms with Gasteiger partial charge >= 0.3 is 0 Å². The minimum atomic E-state index is 0.370. The fraction of sp³-hybridized carbons (Fsp3) is 0.647. The summed E-state index contributed by atoms with van der Waals surface area (Å²) in [5, 5.41) is 3.65.